The van der Waals surface area contributed by atoms with Crippen molar-refractivity contribution in [3.05, 3.63) is 88.0 Å². The Morgan fingerprint density at radius 2 is 1.76 bits per heavy atom. The van der Waals surface area contributed by atoms with Gasteiger partial charge in [0.25, 0.3) is 5.91 Å². The lowest BCUT2D eigenvalue weighted by atomic mass is 9.77. The van der Waals surface area contributed by atoms with E-state index >= 15 is 0 Å². The highest BCUT2D eigenvalue weighted by Crippen LogP contribution is 2.51. The summed E-state index contributed by atoms with van der Waals surface area (Å²) in [4.78, 5) is 19.6. The molecule has 3 aliphatic rings. The molecule has 2 atom stereocenters. The standard InChI is InChI=1S/C24H23BrN2O2/c1-24(2)27-18(13-25)20(17-11-7-4-8-12-17)21-22(19(27)15-29-24)26(23(21)28)14-16-9-5-3-6-10-16/h3-13,19,22H,14-15H2,1-2H3/b18-13-/t19?,22-/m1/s1. The lowest BCUT2D eigenvalue weighted by Crippen LogP contribution is -2.66. The van der Waals surface area contributed by atoms with Gasteiger partial charge >= 0.3 is 0 Å². The minimum absolute atomic E-state index is 0.0240. The van der Waals surface area contributed by atoms with Crippen LogP contribution in [0.2, 0.25) is 0 Å². The second kappa shape index (κ2) is 6.85. The van der Waals surface area contributed by atoms with E-state index < -0.39 is 5.72 Å². The molecule has 2 fully saturated rings. The van der Waals surface area contributed by atoms with Gasteiger partial charge in [0.2, 0.25) is 0 Å². The zero-order valence-electron chi connectivity index (χ0n) is 16.5. The predicted octanol–water partition coefficient (Wildman–Crippen LogP) is 4.54. The summed E-state index contributed by atoms with van der Waals surface area (Å²) in [5.74, 6) is 0.119. The topological polar surface area (TPSA) is 32.8 Å². The van der Waals surface area contributed by atoms with Crippen molar-refractivity contribution in [1.29, 1.82) is 0 Å². The Morgan fingerprint density at radius 3 is 2.41 bits per heavy atom. The normalized spacial score (nSPS) is 26.4. The number of fused-ring (bicyclic) bond motifs is 3. The summed E-state index contributed by atoms with van der Waals surface area (Å²) in [5.41, 5.74) is 4.70. The summed E-state index contributed by atoms with van der Waals surface area (Å²) in [6.07, 6.45) is 0. The van der Waals surface area contributed by atoms with Crippen molar-refractivity contribution in [2.75, 3.05) is 6.61 Å². The first-order valence-electron chi connectivity index (χ1n) is 9.91. The van der Waals surface area contributed by atoms with Gasteiger partial charge in [0.15, 0.2) is 0 Å². The fourth-order valence-corrected chi connectivity index (χ4v) is 5.36. The first-order valence-corrected chi connectivity index (χ1v) is 10.8. The fraction of sp³-hybridized carbons (Fsp3) is 0.292. The number of carbonyl (C=O) groups excluding carboxylic acids is 1. The highest BCUT2D eigenvalue weighted by atomic mass is 79.9. The number of β-lactam (4-membered cyclic amide) rings is 1. The van der Waals surface area contributed by atoms with E-state index in [0.717, 1.165) is 28.0 Å². The second-order valence-electron chi connectivity index (χ2n) is 8.21. The van der Waals surface area contributed by atoms with Crippen molar-refractivity contribution in [1.82, 2.24) is 9.80 Å². The van der Waals surface area contributed by atoms with Crippen LogP contribution in [0.4, 0.5) is 0 Å². The van der Waals surface area contributed by atoms with Crippen molar-refractivity contribution < 1.29 is 9.53 Å². The zero-order valence-corrected chi connectivity index (χ0v) is 18.1. The predicted molar refractivity (Wildman–Crippen MR) is 117 cm³/mol. The molecule has 2 aromatic carbocycles. The molecule has 0 aliphatic carbocycles. The third-order valence-electron chi connectivity index (χ3n) is 6.15. The average molecular weight is 451 g/mol. The lowest BCUT2D eigenvalue weighted by molar-refractivity contribution is -0.140. The Balaban J connectivity index is 1.65. The highest BCUT2D eigenvalue weighted by molar-refractivity contribution is 9.11. The van der Waals surface area contributed by atoms with Gasteiger partial charge in [0, 0.05) is 17.1 Å². The van der Waals surface area contributed by atoms with Gasteiger partial charge < -0.3 is 14.5 Å². The molecule has 2 aromatic rings. The van der Waals surface area contributed by atoms with E-state index in [9.17, 15) is 4.79 Å². The molecule has 148 valence electrons. The van der Waals surface area contributed by atoms with E-state index in [1.54, 1.807) is 0 Å². The molecule has 3 aliphatic heterocycles. The summed E-state index contributed by atoms with van der Waals surface area (Å²) in [5, 5.41) is 0. The summed E-state index contributed by atoms with van der Waals surface area (Å²) < 4.78 is 6.19. The van der Waals surface area contributed by atoms with Crippen LogP contribution < -0.4 is 0 Å². The van der Waals surface area contributed by atoms with Gasteiger partial charge in [-0.3, -0.25) is 4.79 Å². The van der Waals surface area contributed by atoms with Gasteiger partial charge in [-0.1, -0.05) is 76.6 Å². The zero-order chi connectivity index (χ0) is 20.2. The molecule has 5 heteroatoms. The van der Waals surface area contributed by atoms with Crippen LogP contribution in [0.3, 0.4) is 0 Å². The monoisotopic (exact) mass is 450 g/mol. The summed E-state index contributed by atoms with van der Waals surface area (Å²) in [6, 6.07) is 20.5. The van der Waals surface area contributed by atoms with Gasteiger partial charge in [-0.15, -0.1) is 0 Å². The van der Waals surface area contributed by atoms with Crippen LogP contribution in [0.25, 0.3) is 5.57 Å². The number of hydrogen-bond donors (Lipinski definition) is 0. The molecule has 4 nitrogen and oxygen atoms in total. The van der Waals surface area contributed by atoms with Crippen molar-refractivity contribution >= 4 is 27.4 Å². The van der Waals surface area contributed by atoms with E-state index in [1.807, 2.05) is 46.3 Å². The Morgan fingerprint density at radius 1 is 1.10 bits per heavy atom. The van der Waals surface area contributed by atoms with Crippen LogP contribution in [0.15, 0.2) is 76.9 Å². The number of ether oxygens (including phenoxy) is 1. The molecule has 0 bridgehead atoms. The van der Waals surface area contributed by atoms with Gasteiger partial charge in [0.1, 0.15) is 5.72 Å². The van der Waals surface area contributed by atoms with Crippen LogP contribution in [0.5, 0.6) is 0 Å². The minimum Gasteiger partial charge on any atom is -0.354 e. The third kappa shape index (κ3) is 2.79. The number of amides is 1. The third-order valence-corrected chi connectivity index (χ3v) is 6.59. The largest absolute Gasteiger partial charge is 0.354 e. The van der Waals surface area contributed by atoms with Gasteiger partial charge in [-0.05, 0) is 25.0 Å². The molecule has 1 unspecified atom stereocenters. The van der Waals surface area contributed by atoms with Crippen molar-refractivity contribution in [3.63, 3.8) is 0 Å². The molecule has 3 heterocycles. The second-order valence-corrected chi connectivity index (χ2v) is 8.67. The van der Waals surface area contributed by atoms with E-state index in [2.05, 4.69) is 58.9 Å². The number of likely N-dealkylation sites (tertiary alicyclic amines) is 1. The van der Waals surface area contributed by atoms with Gasteiger partial charge in [-0.25, -0.2) is 0 Å². The molecule has 1 amide bonds. The lowest BCUT2D eigenvalue weighted by Gasteiger charge is -2.54. The number of hydrogen-bond acceptors (Lipinski definition) is 3. The number of nitrogens with zero attached hydrogens (tertiary/aromatic N) is 2. The quantitative estimate of drug-likeness (QED) is 0.643. The first-order chi connectivity index (χ1) is 14.0. The molecule has 5 rings (SSSR count). The average Bonchev–Trinajstić information content (AvgIpc) is 3.06. The van der Waals surface area contributed by atoms with Crippen molar-refractivity contribution in [2.24, 2.45) is 0 Å². The van der Waals surface area contributed by atoms with E-state index in [-0.39, 0.29) is 18.0 Å². The molecule has 29 heavy (non-hydrogen) atoms. The van der Waals surface area contributed by atoms with E-state index in [0.29, 0.717) is 13.2 Å². The minimum atomic E-state index is -0.438. The molecule has 0 radical (unpaired) electrons. The van der Waals surface area contributed by atoms with E-state index in [4.69, 9.17) is 4.74 Å². The van der Waals surface area contributed by atoms with Crippen LogP contribution in [-0.2, 0) is 16.1 Å². The number of allylic oxidation sites excluding steroid dienone is 1. The fourth-order valence-electron chi connectivity index (χ4n) is 4.91. The summed E-state index contributed by atoms with van der Waals surface area (Å²) >= 11 is 3.58. The van der Waals surface area contributed by atoms with Crippen molar-refractivity contribution in [3.8, 4) is 0 Å². The number of halogens is 1. The molecule has 0 N–H and O–H groups in total. The Hall–Kier alpha value is -2.37. The van der Waals surface area contributed by atoms with Crippen molar-refractivity contribution in [2.45, 2.75) is 38.2 Å². The Labute approximate surface area is 179 Å². The smallest absolute Gasteiger partial charge is 0.253 e. The summed E-state index contributed by atoms with van der Waals surface area (Å²) in [6.45, 7) is 5.42. The maximum absolute atomic E-state index is 13.4. The SMILES string of the molecule is CC1(C)OCC2[C@@H]3C(=C(c4ccccc4)/C(=C/Br)N21)C(=O)N3Cc1ccccc1. The Kier molecular flexibility index (Phi) is 4.41. The molecule has 0 saturated carbocycles. The first kappa shape index (κ1) is 18.6. The molecule has 2 saturated heterocycles. The Bertz CT molecular complexity index is 1010. The van der Waals surface area contributed by atoms with Crippen LogP contribution in [0.1, 0.15) is 25.0 Å². The van der Waals surface area contributed by atoms with E-state index in [1.165, 1.54) is 0 Å². The number of rotatable bonds is 3. The number of benzene rings is 2. The molecular weight excluding hydrogens is 428 g/mol. The summed E-state index contributed by atoms with van der Waals surface area (Å²) in [7, 11) is 0. The number of carbonyl (C=O) groups is 1. The highest BCUT2D eigenvalue weighted by Gasteiger charge is 2.59. The van der Waals surface area contributed by atoms with Crippen LogP contribution >= 0.6 is 15.9 Å². The molecular formula is C24H23BrN2O2. The van der Waals surface area contributed by atoms with Crippen LogP contribution in [0, 0.1) is 0 Å². The maximum Gasteiger partial charge on any atom is 0.253 e. The van der Waals surface area contributed by atoms with Gasteiger partial charge in [-0.2, -0.15) is 0 Å². The van der Waals surface area contributed by atoms with Gasteiger partial charge in [0.05, 0.1) is 30.0 Å². The molecule has 0 aromatic heterocycles. The van der Waals surface area contributed by atoms with Crippen LogP contribution in [-0.4, -0.2) is 40.1 Å². The molecule has 0 spiro atoms. The maximum atomic E-state index is 13.4.